The normalized spacial score (nSPS) is 20.0. The van der Waals surface area contributed by atoms with E-state index in [9.17, 15) is 13.2 Å². The van der Waals surface area contributed by atoms with E-state index in [1.54, 1.807) is 6.07 Å². The van der Waals surface area contributed by atoms with Gasteiger partial charge in [-0.25, -0.2) is 8.42 Å². The van der Waals surface area contributed by atoms with E-state index in [4.69, 9.17) is 11.6 Å². The van der Waals surface area contributed by atoms with Crippen molar-refractivity contribution in [2.75, 3.05) is 49.5 Å². The number of nitrogens with zero attached hydrogens (tertiary/aromatic N) is 2. The number of piperidine rings is 1. The predicted molar refractivity (Wildman–Crippen MR) is 106 cm³/mol. The molecule has 0 atom stereocenters. The molecule has 144 valence electrons. The minimum Gasteiger partial charge on any atom is -0.325 e. The van der Waals surface area contributed by atoms with Crippen LogP contribution in [0.25, 0.3) is 0 Å². The summed E-state index contributed by atoms with van der Waals surface area (Å²) in [5.41, 5.74) is 0.460. The average molecular weight is 418 g/mol. The quantitative estimate of drug-likeness (QED) is 0.797. The lowest BCUT2D eigenvalue weighted by Gasteiger charge is -2.26. The molecule has 0 aliphatic carbocycles. The average Bonchev–Trinajstić information content (AvgIpc) is 2.64. The Morgan fingerprint density at radius 2 is 1.81 bits per heavy atom. The lowest BCUT2D eigenvalue weighted by atomic mass is 10.2. The van der Waals surface area contributed by atoms with E-state index in [0.29, 0.717) is 25.3 Å². The van der Waals surface area contributed by atoms with Crippen LogP contribution in [0.4, 0.5) is 5.69 Å². The second kappa shape index (κ2) is 8.93. The molecule has 1 aromatic carbocycles. The van der Waals surface area contributed by atoms with Gasteiger partial charge in [0.2, 0.25) is 15.9 Å². The molecule has 6 nitrogen and oxygen atoms in total. The number of nitrogens with one attached hydrogen (secondary N) is 1. The van der Waals surface area contributed by atoms with Crippen LogP contribution in [-0.4, -0.2) is 67.8 Å². The smallest absolute Gasteiger partial charge is 0.244 e. The van der Waals surface area contributed by atoms with Gasteiger partial charge in [-0.2, -0.15) is 16.1 Å². The molecule has 2 saturated heterocycles. The molecule has 0 spiro atoms. The molecule has 2 heterocycles. The molecule has 1 N–H and O–H groups in total. The molecule has 2 aliphatic rings. The van der Waals surface area contributed by atoms with Crippen molar-refractivity contribution in [1.29, 1.82) is 0 Å². The van der Waals surface area contributed by atoms with E-state index in [0.717, 1.165) is 43.9 Å². The molecule has 2 fully saturated rings. The SMILES string of the molecule is O=C(CN1CCSCC1)Nc1ccc(Cl)c(S(=O)(=O)N2CCCCC2)c1. The zero-order valence-corrected chi connectivity index (χ0v) is 17.0. The summed E-state index contributed by atoms with van der Waals surface area (Å²) in [4.78, 5) is 14.4. The highest BCUT2D eigenvalue weighted by atomic mass is 35.5. The van der Waals surface area contributed by atoms with Gasteiger partial charge in [-0.05, 0) is 31.0 Å². The van der Waals surface area contributed by atoms with Gasteiger partial charge < -0.3 is 5.32 Å². The predicted octanol–water partition coefficient (Wildman–Crippen LogP) is 2.50. The number of amides is 1. The maximum absolute atomic E-state index is 12.9. The van der Waals surface area contributed by atoms with Gasteiger partial charge in [0.25, 0.3) is 0 Å². The summed E-state index contributed by atoms with van der Waals surface area (Å²) < 4.78 is 27.2. The number of benzene rings is 1. The number of carbonyl (C=O) groups excluding carboxylic acids is 1. The van der Waals surface area contributed by atoms with E-state index in [2.05, 4.69) is 10.2 Å². The minimum atomic E-state index is -3.64. The fourth-order valence-corrected chi connectivity index (χ4v) is 6.18. The third kappa shape index (κ3) is 4.92. The van der Waals surface area contributed by atoms with Crippen LogP contribution in [-0.2, 0) is 14.8 Å². The van der Waals surface area contributed by atoms with Gasteiger partial charge in [0.1, 0.15) is 4.90 Å². The molecule has 0 aromatic heterocycles. The molecule has 3 rings (SSSR count). The second-order valence-electron chi connectivity index (χ2n) is 6.55. The van der Waals surface area contributed by atoms with Gasteiger partial charge >= 0.3 is 0 Å². The molecule has 2 aliphatic heterocycles. The summed E-state index contributed by atoms with van der Waals surface area (Å²) in [7, 11) is -3.64. The van der Waals surface area contributed by atoms with Crippen molar-refractivity contribution in [2.45, 2.75) is 24.2 Å². The van der Waals surface area contributed by atoms with Crippen LogP contribution in [0.1, 0.15) is 19.3 Å². The zero-order valence-electron chi connectivity index (χ0n) is 14.6. The van der Waals surface area contributed by atoms with Crippen molar-refractivity contribution in [3.63, 3.8) is 0 Å². The zero-order chi connectivity index (χ0) is 18.6. The number of anilines is 1. The molecule has 0 radical (unpaired) electrons. The standard InChI is InChI=1S/C17H24ClN3O3S2/c18-15-5-4-14(19-17(22)13-20-8-10-25-11-9-20)12-16(15)26(23,24)21-6-2-1-3-7-21/h4-5,12H,1-3,6-11,13H2,(H,19,22). The molecule has 9 heteroatoms. The van der Waals surface area contributed by atoms with Gasteiger partial charge in [-0.15, -0.1) is 0 Å². The number of rotatable bonds is 5. The lowest BCUT2D eigenvalue weighted by molar-refractivity contribution is -0.117. The monoisotopic (exact) mass is 417 g/mol. The van der Waals surface area contributed by atoms with Gasteiger partial charge in [0.15, 0.2) is 0 Å². The topological polar surface area (TPSA) is 69.7 Å². The van der Waals surface area contributed by atoms with Crippen molar-refractivity contribution in [3.8, 4) is 0 Å². The summed E-state index contributed by atoms with van der Waals surface area (Å²) in [6, 6.07) is 4.64. The summed E-state index contributed by atoms with van der Waals surface area (Å²) in [6.45, 7) is 3.14. The van der Waals surface area contributed by atoms with E-state index in [1.165, 1.54) is 16.4 Å². The van der Waals surface area contributed by atoms with Gasteiger partial charge in [0.05, 0.1) is 11.6 Å². The maximum atomic E-state index is 12.9. The Labute approximate surface area is 164 Å². The summed E-state index contributed by atoms with van der Waals surface area (Å²) in [5, 5.41) is 2.98. The van der Waals surface area contributed by atoms with Crippen molar-refractivity contribution in [2.24, 2.45) is 0 Å². The highest BCUT2D eigenvalue weighted by molar-refractivity contribution is 7.99. The van der Waals surface area contributed by atoms with Crippen molar-refractivity contribution < 1.29 is 13.2 Å². The van der Waals surface area contributed by atoms with Crippen molar-refractivity contribution in [3.05, 3.63) is 23.2 Å². The summed E-state index contributed by atoms with van der Waals surface area (Å²) >= 11 is 8.05. The first-order chi connectivity index (χ1) is 12.5. The Morgan fingerprint density at radius 3 is 2.50 bits per heavy atom. The molecular formula is C17H24ClN3O3S2. The second-order valence-corrected chi connectivity index (χ2v) is 10.1. The van der Waals surface area contributed by atoms with Crippen LogP contribution in [0, 0.1) is 0 Å². The molecule has 0 bridgehead atoms. The maximum Gasteiger partial charge on any atom is 0.244 e. The summed E-state index contributed by atoms with van der Waals surface area (Å²) in [5.74, 6) is 1.93. The molecule has 0 unspecified atom stereocenters. The summed E-state index contributed by atoms with van der Waals surface area (Å²) in [6.07, 6.45) is 2.77. The minimum absolute atomic E-state index is 0.0632. The number of carbonyl (C=O) groups is 1. The number of sulfonamides is 1. The third-order valence-electron chi connectivity index (χ3n) is 4.62. The number of halogens is 1. The van der Waals surface area contributed by atoms with Crippen molar-refractivity contribution >= 4 is 45.0 Å². The van der Waals surface area contributed by atoms with Crippen molar-refractivity contribution in [1.82, 2.24) is 9.21 Å². The number of hydrogen-bond donors (Lipinski definition) is 1. The van der Waals surface area contributed by atoms with Crippen LogP contribution < -0.4 is 5.32 Å². The fourth-order valence-electron chi connectivity index (χ4n) is 3.19. The van der Waals surface area contributed by atoms with E-state index < -0.39 is 10.0 Å². The molecule has 1 aromatic rings. The highest BCUT2D eigenvalue weighted by Crippen LogP contribution is 2.29. The van der Waals surface area contributed by atoms with Crippen LogP contribution in [0.2, 0.25) is 5.02 Å². The van der Waals surface area contributed by atoms with Crippen LogP contribution >= 0.6 is 23.4 Å². The van der Waals surface area contributed by atoms with Gasteiger partial charge in [-0.1, -0.05) is 18.0 Å². The lowest BCUT2D eigenvalue weighted by Crippen LogP contribution is -2.38. The van der Waals surface area contributed by atoms with E-state index in [1.807, 2.05) is 11.8 Å². The Hall–Kier alpha value is -0.800. The number of hydrogen-bond acceptors (Lipinski definition) is 5. The van der Waals surface area contributed by atoms with Gasteiger partial charge in [0, 0.05) is 43.4 Å². The van der Waals surface area contributed by atoms with Gasteiger partial charge in [-0.3, -0.25) is 9.69 Å². The molecule has 0 saturated carbocycles. The Balaban J connectivity index is 1.71. The Kier molecular flexibility index (Phi) is 6.85. The van der Waals surface area contributed by atoms with E-state index >= 15 is 0 Å². The first-order valence-corrected chi connectivity index (χ1v) is 11.8. The molecule has 1 amide bonds. The first kappa shape index (κ1) is 19.9. The van der Waals surface area contributed by atoms with Crippen LogP contribution in [0.15, 0.2) is 23.1 Å². The Bertz CT molecular complexity index is 746. The third-order valence-corrected chi connectivity index (χ3v) is 7.94. The fraction of sp³-hybridized carbons (Fsp3) is 0.588. The molecule has 26 heavy (non-hydrogen) atoms. The van der Waals surface area contributed by atoms with Crippen LogP contribution in [0.5, 0.6) is 0 Å². The first-order valence-electron chi connectivity index (χ1n) is 8.86. The largest absolute Gasteiger partial charge is 0.325 e. The van der Waals surface area contributed by atoms with E-state index in [-0.39, 0.29) is 15.8 Å². The highest BCUT2D eigenvalue weighted by Gasteiger charge is 2.28. The van der Waals surface area contributed by atoms with Crippen LogP contribution in [0.3, 0.4) is 0 Å². The Morgan fingerprint density at radius 1 is 1.12 bits per heavy atom. The number of thioether (sulfide) groups is 1. The molecular weight excluding hydrogens is 394 g/mol.